The molecule has 126 valence electrons. The summed E-state index contributed by atoms with van der Waals surface area (Å²) in [6.07, 6.45) is 1.35. The van der Waals surface area contributed by atoms with Crippen LogP contribution in [0.15, 0.2) is 65.6 Å². The molecule has 0 radical (unpaired) electrons. The first-order valence-electron chi connectivity index (χ1n) is 7.44. The van der Waals surface area contributed by atoms with Gasteiger partial charge in [-0.15, -0.1) is 0 Å². The van der Waals surface area contributed by atoms with Crippen molar-refractivity contribution in [3.63, 3.8) is 0 Å². The fourth-order valence-corrected chi connectivity index (χ4v) is 2.44. The van der Waals surface area contributed by atoms with Crippen molar-refractivity contribution in [3.05, 3.63) is 93.9 Å². The second kappa shape index (κ2) is 6.68. The maximum absolute atomic E-state index is 13.5. The van der Waals surface area contributed by atoms with Crippen molar-refractivity contribution < 1.29 is 18.7 Å². The topological polar surface area (TPSA) is 59.3 Å². The number of ketones is 1. The van der Waals surface area contributed by atoms with E-state index in [1.54, 1.807) is 0 Å². The average Bonchev–Trinajstić information content (AvgIpc) is 2.59. The number of phenolic OH excluding ortho intramolecular Hbond substituents is 1. The Morgan fingerprint density at radius 3 is 2.44 bits per heavy atom. The first-order valence-corrected chi connectivity index (χ1v) is 7.44. The number of hydrogen-bond acceptors (Lipinski definition) is 3. The van der Waals surface area contributed by atoms with Gasteiger partial charge in [-0.3, -0.25) is 14.2 Å². The molecule has 6 heteroatoms. The minimum Gasteiger partial charge on any atom is -0.505 e. The third-order valence-electron chi connectivity index (χ3n) is 3.74. The Hall–Kier alpha value is -3.28. The summed E-state index contributed by atoms with van der Waals surface area (Å²) < 4.78 is 27.6. The van der Waals surface area contributed by atoms with Gasteiger partial charge in [-0.2, -0.15) is 0 Å². The van der Waals surface area contributed by atoms with Crippen LogP contribution in [-0.4, -0.2) is 15.5 Å². The van der Waals surface area contributed by atoms with Crippen molar-refractivity contribution >= 4 is 5.78 Å². The van der Waals surface area contributed by atoms with Crippen molar-refractivity contribution in [1.29, 1.82) is 0 Å². The molecule has 3 aromatic rings. The lowest BCUT2D eigenvalue weighted by atomic mass is 10.0. The number of nitrogens with zero attached hydrogens (tertiary/aromatic N) is 1. The van der Waals surface area contributed by atoms with Gasteiger partial charge in [0.15, 0.2) is 17.3 Å². The van der Waals surface area contributed by atoms with Crippen LogP contribution in [0.3, 0.4) is 0 Å². The Bertz CT molecular complexity index is 994. The van der Waals surface area contributed by atoms with Crippen LogP contribution in [0.25, 0.3) is 5.69 Å². The molecule has 0 amide bonds. The molecule has 0 saturated carbocycles. The molecule has 4 nitrogen and oxygen atoms in total. The Morgan fingerprint density at radius 1 is 1.04 bits per heavy atom. The Balaban J connectivity index is 1.95. The SMILES string of the molecule is O=C(Cc1ccc(F)cc1)c1cccn(-c2ccc(O)c(F)c2)c1=O. The lowest BCUT2D eigenvalue weighted by Crippen LogP contribution is -2.25. The summed E-state index contributed by atoms with van der Waals surface area (Å²) in [6.45, 7) is 0. The van der Waals surface area contributed by atoms with Crippen LogP contribution in [0.2, 0.25) is 0 Å². The van der Waals surface area contributed by atoms with Gasteiger partial charge in [0.2, 0.25) is 0 Å². The van der Waals surface area contributed by atoms with Gasteiger partial charge in [0.1, 0.15) is 5.82 Å². The fraction of sp³-hybridized carbons (Fsp3) is 0.0526. The molecular formula is C19H13F2NO3. The molecule has 0 aliphatic heterocycles. The van der Waals surface area contributed by atoms with Crippen LogP contribution in [0.5, 0.6) is 5.75 Å². The number of aromatic hydroxyl groups is 1. The van der Waals surface area contributed by atoms with Crippen LogP contribution < -0.4 is 5.56 Å². The summed E-state index contributed by atoms with van der Waals surface area (Å²) in [5.41, 5.74) is 0.119. The number of Topliss-reactive ketones (excluding diaryl/α,β-unsaturated/α-hetero) is 1. The highest BCUT2D eigenvalue weighted by Gasteiger charge is 2.14. The quantitative estimate of drug-likeness (QED) is 0.741. The molecule has 0 unspecified atom stereocenters. The van der Waals surface area contributed by atoms with E-state index in [1.165, 1.54) is 48.7 Å². The van der Waals surface area contributed by atoms with Crippen molar-refractivity contribution in [3.8, 4) is 11.4 Å². The number of pyridine rings is 1. The smallest absolute Gasteiger partial charge is 0.265 e. The number of carbonyl (C=O) groups excluding carboxylic acids is 1. The lowest BCUT2D eigenvalue weighted by Gasteiger charge is -2.08. The summed E-state index contributed by atoms with van der Waals surface area (Å²) in [6, 6.07) is 11.8. The maximum Gasteiger partial charge on any atom is 0.265 e. The molecule has 0 aliphatic carbocycles. The molecule has 0 aliphatic rings. The number of aromatic nitrogens is 1. The lowest BCUT2D eigenvalue weighted by molar-refractivity contribution is 0.0991. The molecule has 2 aromatic carbocycles. The Labute approximate surface area is 141 Å². The highest BCUT2D eigenvalue weighted by Crippen LogP contribution is 2.18. The predicted molar refractivity (Wildman–Crippen MR) is 88.1 cm³/mol. The van der Waals surface area contributed by atoms with Gasteiger partial charge in [-0.25, -0.2) is 8.78 Å². The van der Waals surface area contributed by atoms with E-state index in [9.17, 15) is 23.5 Å². The molecule has 0 saturated heterocycles. The van der Waals surface area contributed by atoms with Gasteiger partial charge in [-0.1, -0.05) is 12.1 Å². The van der Waals surface area contributed by atoms with E-state index >= 15 is 0 Å². The molecule has 0 fully saturated rings. The van der Waals surface area contributed by atoms with E-state index in [1.807, 2.05) is 0 Å². The number of benzene rings is 2. The average molecular weight is 341 g/mol. The Kier molecular flexibility index (Phi) is 4.43. The normalized spacial score (nSPS) is 10.6. The maximum atomic E-state index is 13.5. The zero-order valence-electron chi connectivity index (χ0n) is 12.9. The zero-order chi connectivity index (χ0) is 18.0. The summed E-state index contributed by atoms with van der Waals surface area (Å²) in [4.78, 5) is 25.0. The minimum atomic E-state index is -0.868. The van der Waals surface area contributed by atoms with Gasteiger partial charge in [-0.05, 0) is 42.0 Å². The molecule has 3 rings (SSSR count). The van der Waals surface area contributed by atoms with Gasteiger partial charge in [0.25, 0.3) is 5.56 Å². The van der Waals surface area contributed by atoms with Crippen LogP contribution in [-0.2, 0) is 6.42 Å². The monoisotopic (exact) mass is 341 g/mol. The van der Waals surface area contributed by atoms with E-state index in [4.69, 9.17) is 0 Å². The van der Waals surface area contributed by atoms with E-state index < -0.39 is 28.7 Å². The van der Waals surface area contributed by atoms with Crippen molar-refractivity contribution in [2.45, 2.75) is 6.42 Å². The molecule has 0 bridgehead atoms. The zero-order valence-corrected chi connectivity index (χ0v) is 12.9. The van der Waals surface area contributed by atoms with E-state index in [0.29, 0.717) is 5.56 Å². The summed E-state index contributed by atoms with van der Waals surface area (Å²) in [5, 5.41) is 9.24. The Morgan fingerprint density at radius 2 is 1.76 bits per heavy atom. The van der Waals surface area contributed by atoms with Gasteiger partial charge < -0.3 is 5.11 Å². The van der Waals surface area contributed by atoms with Crippen LogP contribution in [0, 0.1) is 11.6 Å². The largest absolute Gasteiger partial charge is 0.505 e. The van der Waals surface area contributed by atoms with Gasteiger partial charge in [0.05, 0.1) is 11.3 Å². The third-order valence-corrected chi connectivity index (χ3v) is 3.74. The second-order valence-electron chi connectivity index (χ2n) is 5.46. The van der Waals surface area contributed by atoms with E-state index in [2.05, 4.69) is 0 Å². The molecule has 1 heterocycles. The van der Waals surface area contributed by atoms with Crippen molar-refractivity contribution in [1.82, 2.24) is 4.57 Å². The predicted octanol–water partition coefficient (Wildman–Crippen LogP) is 3.25. The third kappa shape index (κ3) is 3.47. The highest BCUT2D eigenvalue weighted by molar-refractivity contribution is 5.97. The van der Waals surface area contributed by atoms with Gasteiger partial charge >= 0.3 is 0 Å². The number of hydrogen-bond donors (Lipinski definition) is 1. The fourth-order valence-electron chi connectivity index (χ4n) is 2.44. The van der Waals surface area contributed by atoms with Gasteiger partial charge in [0, 0.05) is 18.7 Å². The number of rotatable bonds is 4. The summed E-state index contributed by atoms with van der Waals surface area (Å²) in [7, 11) is 0. The van der Waals surface area contributed by atoms with Crippen molar-refractivity contribution in [2.75, 3.05) is 0 Å². The molecule has 1 aromatic heterocycles. The van der Waals surface area contributed by atoms with Crippen LogP contribution in [0.4, 0.5) is 8.78 Å². The molecular weight excluding hydrogens is 328 g/mol. The molecule has 0 spiro atoms. The molecule has 1 N–H and O–H groups in total. The van der Waals surface area contributed by atoms with E-state index in [-0.39, 0.29) is 17.7 Å². The van der Waals surface area contributed by atoms with Crippen LogP contribution in [0.1, 0.15) is 15.9 Å². The number of halogens is 2. The number of phenols is 1. The van der Waals surface area contributed by atoms with E-state index in [0.717, 1.165) is 16.7 Å². The summed E-state index contributed by atoms with van der Waals surface area (Å²) >= 11 is 0. The summed E-state index contributed by atoms with van der Waals surface area (Å²) in [5.74, 6) is -2.23. The highest BCUT2D eigenvalue weighted by atomic mass is 19.1. The minimum absolute atomic E-state index is 0.0521. The first-order chi connectivity index (χ1) is 12.0. The number of carbonyl (C=O) groups is 1. The second-order valence-corrected chi connectivity index (χ2v) is 5.46. The molecule has 25 heavy (non-hydrogen) atoms. The first kappa shape index (κ1) is 16.6. The van der Waals surface area contributed by atoms with Crippen molar-refractivity contribution in [2.24, 2.45) is 0 Å². The van der Waals surface area contributed by atoms with Crippen LogP contribution >= 0.6 is 0 Å². The molecule has 0 atom stereocenters. The standard InChI is InChI=1S/C19H13F2NO3/c20-13-5-3-12(4-6-13)10-18(24)15-2-1-9-22(19(15)25)14-7-8-17(23)16(21)11-14/h1-9,11,23H,10H2.